The minimum atomic E-state index is -0.524. The molecule has 3 nitrogen and oxygen atoms in total. The number of hydrogen-bond acceptors (Lipinski definition) is 2. The van der Waals surface area contributed by atoms with E-state index in [9.17, 15) is 9.18 Å². The lowest BCUT2D eigenvalue weighted by atomic mass is 9.81. The van der Waals surface area contributed by atoms with Crippen LogP contribution < -0.4 is 10.1 Å². The molecule has 2 aliphatic rings. The van der Waals surface area contributed by atoms with Crippen molar-refractivity contribution in [3.05, 3.63) is 64.7 Å². The molecule has 0 aliphatic heterocycles. The van der Waals surface area contributed by atoms with E-state index in [1.54, 1.807) is 18.2 Å². The van der Waals surface area contributed by atoms with E-state index in [1.165, 1.54) is 26.3 Å². The number of benzene rings is 2. The number of likely N-dealkylation sites (N-methyl/N-ethyl adjacent to an activating group) is 1. The second-order valence-corrected chi connectivity index (χ2v) is 6.37. The molecule has 25 heavy (non-hydrogen) atoms. The van der Waals surface area contributed by atoms with Gasteiger partial charge in [-0.25, -0.2) is 8.78 Å². The van der Waals surface area contributed by atoms with Crippen LogP contribution in [0.3, 0.4) is 0 Å². The molecule has 1 N–H and O–H groups in total. The Hall–Kier alpha value is -2.69. The first kappa shape index (κ1) is 15.8. The minimum Gasteiger partial charge on any atom is -0.494 e. The van der Waals surface area contributed by atoms with Crippen LogP contribution in [0.25, 0.3) is 11.1 Å². The summed E-state index contributed by atoms with van der Waals surface area (Å²) >= 11 is 0. The average Bonchev–Trinajstić information content (AvgIpc) is 3.42. The third kappa shape index (κ3) is 2.34. The zero-order valence-corrected chi connectivity index (χ0v) is 13.9. The number of ether oxygens (including phenoxy) is 1. The molecule has 5 heteroatoms. The van der Waals surface area contributed by atoms with Gasteiger partial charge in [0.15, 0.2) is 11.6 Å². The summed E-state index contributed by atoms with van der Waals surface area (Å²) in [7, 11) is 2.92. The van der Waals surface area contributed by atoms with Crippen molar-refractivity contribution in [2.45, 2.75) is 12.3 Å². The molecule has 0 bridgehead atoms. The van der Waals surface area contributed by atoms with Gasteiger partial charge in [0.05, 0.1) is 12.7 Å². The van der Waals surface area contributed by atoms with Crippen molar-refractivity contribution in [2.75, 3.05) is 14.2 Å². The number of hydrogen-bond donors (Lipinski definition) is 1. The van der Waals surface area contributed by atoms with E-state index in [4.69, 9.17) is 4.74 Å². The quantitative estimate of drug-likeness (QED) is 0.923. The van der Waals surface area contributed by atoms with Gasteiger partial charge in [0.1, 0.15) is 5.82 Å². The van der Waals surface area contributed by atoms with Crippen LogP contribution >= 0.6 is 0 Å². The molecule has 2 unspecified atom stereocenters. The van der Waals surface area contributed by atoms with Crippen molar-refractivity contribution in [1.29, 1.82) is 0 Å². The number of nitrogens with one attached hydrogen (secondary N) is 1. The van der Waals surface area contributed by atoms with Gasteiger partial charge < -0.3 is 10.1 Å². The van der Waals surface area contributed by atoms with Crippen LogP contribution in [0.4, 0.5) is 8.78 Å². The summed E-state index contributed by atoms with van der Waals surface area (Å²) < 4.78 is 33.5. The molecular formula is C20H17F2NO2. The molecule has 1 saturated carbocycles. The molecule has 1 amide bonds. The Balaban J connectivity index is 2.02. The summed E-state index contributed by atoms with van der Waals surface area (Å²) in [6.07, 6.45) is 0.853. The molecule has 2 aromatic rings. The van der Waals surface area contributed by atoms with Crippen LogP contribution in [0.15, 0.2) is 36.4 Å². The van der Waals surface area contributed by atoms with E-state index in [0.717, 1.165) is 23.1 Å². The molecule has 128 valence electrons. The number of carbonyl (C=O) groups excluding carboxylic acids is 1. The molecular weight excluding hydrogens is 324 g/mol. The predicted molar refractivity (Wildman–Crippen MR) is 91.1 cm³/mol. The summed E-state index contributed by atoms with van der Waals surface area (Å²) in [6.45, 7) is 0. The molecule has 0 radical (unpaired) electrons. The summed E-state index contributed by atoms with van der Waals surface area (Å²) in [5.74, 6) is -0.775. The zero-order valence-electron chi connectivity index (χ0n) is 13.9. The highest BCUT2D eigenvalue weighted by molar-refractivity contribution is 6.28. The Labute approximate surface area is 144 Å². The number of allylic oxidation sites excluding steroid dienone is 1. The largest absolute Gasteiger partial charge is 0.494 e. The van der Waals surface area contributed by atoms with Crippen LogP contribution in [0.1, 0.15) is 29.0 Å². The fourth-order valence-corrected chi connectivity index (χ4v) is 3.82. The van der Waals surface area contributed by atoms with Gasteiger partial charge in [-0.2, -0.15) is 0 Å². The maximum absolute atomic E-state index is 15.0. The molecule has 0 spiro atoms. The van der Waals surface area contributed by atoms with E-state index < -0.39 is 5.82 Å². The van der Waals surface area contributed by atoms with E-state index in [1.807, 2.05) is 6.07 Å². The van der Waals surface area contributed by atoms with Gasteiger partial charge in [-0.05, 0) is 53.2 Å². The van der Waals surface area contributed by atoms with Gasteiger partial charge in [0, 0.05) is 12.6 Å². The Morgan fingerprint density at radius 1 is 1.12 bits per heavy atom. The first-order valence-corrected chi connectivity index (χ1v) is 8.15. The van der Waals surface area contributed by atoms with Crippen molar-refractivity contribution in [2.24, 2.45) is 5.92 Å². The fraction of sp³-hybridized carbons (Fsp3) is 0.250. The maximum atomic E-state index is 15.0. The Morgan fingerprint density at radius 3 is 2.48 bits per heavy atom. The number of rotatable bonds is 3. The first-order chi connectivity index (χ1) is 12.1. The van der Waals surface area contributed by atoms with Gasteiger partial charge in [0.25, 0.3) is 5.91 Å². The Kier molecular flexibility index (Phi) is 3.60. The molecule has 4 rings (SSSR count). The van der Waals surface area contributed by atoms with Crippen LogP contribution in [0.5, 0.6) is 5.75 Å². The fourth-order valence-electron chi connectivity index (χ4n) is 3.82. The first-order valence-electron chi connectivity index (χ1n) is 8.15. The minimum absolute atomic E-state index is 0.109. The number of carbonyl (C=O) groups is 1. The Morgan fingerprint density at radius 2 is 1.84 bits per heavy atom. The molecule has 2 aliphatic carbocycles. The van der Waals surface area contributed by atoms with Crippen molar-refractivity contribution in [3.8, 4) is 5.75 Å². The van der Waals surface area contributed by atoms with Gasteiger partial charge in [-0.15, -0.1) is 0 Å². The smallest absolute Gasteiger partial charge is 0.252 e. The summed E-state index contributed by atoms with van der Waals surface area (Å²) in [6, 6.07) is 9.45. The van der Waals surface area contributed by atoms with Gasteiger partial charge in [0.2, 0.25) is 0 Å². The topological polar surface area (TPSA) is 38.3 Å². The second-order valence-electron chi connectivity index (χ2n) is 6.37. The number of halogens is 2. The normalized spacial score (nSPS) is 20.6. The lowest BCUT2D eigenvalue weighted by Crippen LogP contribution is -2.24. The highest BCUT2D eigenvalue weighted by Gasteiger charge is 2.49. The van der Waals surface area contributed by atoms with E-state index >= 15 is 4.39 Å². The summed E-state index contributed by atoms with van der Waals surface area (Å²) in [5.41, 5.74) is 2.99. The molecule has 2 atom stereocenters. The molecule has 0 aromatic heterocycles. The van der Waals surface area contributed by atoms with Crippen LogP contribution in [-0.2, 0) is 4.79 Å². The van der Waals surface area contributed by atoms with Crippen molar-refractivity contribution < 1.29 is 18.3 Å². The third-order valence-electron chi connectivity index (χ3n) is 5.05. The molecule has 2 aromatic carbocycles. The van der Waals surface area contributed by atoms with Crippen LogP contribution in [-0.4, -0.2) is 20.1 Å². The molecule has 0 heterocycles. The van der Waals surface area contributed by atoms with Gasteiger partial charge in [-0.1, -0.05) is 18.2 Å². The number of amides is 1. The maximum Gasteiger partial charge on any atom is 0.252 e. The standard InChI is InChI=1S/C20H17F2NO2/c1-23-20(24)18-16(10-3-5-11(21)6-4-10)14-9-13(14)12-7-8-15(25-2)19(22)17(12)18/h3-8,13-14H,9H2,1-2H3,(H,23,24). The summed E-state index contributed by atoms with van der Waals surface area (Å²) in [4.78, 5) is 12.6. The van der Waals surface area contributed by atoms with E-state index in [0.29, 0.717) is 11.1 Å². The molecule has 1 fully saturated rings. The van der Waals surface area contributed by atoms with E-state index in [-0.39, 0.29) is 29.3 Å². The van der Waals surface area contributed by atoms with Crippen molar-refractivity contribution in [1.82, 2.24) is 5.32 Å². The third-order valence-corrected chi connectivity index (χ3v) is 5.05. The second kappa shape index (κ2) is 5.69. The van der Waals surface area contributed by atoms with E-state index in [2.05, 4.69) is 5.32 Å². The zero-order chi connectivity index (χ0) is 17.7. The highest BCUT2D eigenvalue weighted by Crippen LogP contribution is 2.62. The molecule has 0 saturated heterocycles. The lowest BCUT2D eigenvalue weighted by Gasteiger charge is -2.24. The SMILES string of the molecule is CNC(=O)C1=C(c2ccc(F)cc2)C2CC2c2ccc(OC)c(F)c21. The monoisotopic (exact) mass is 341 g/mol. The Bertz CT molecular complexity index is 903. The highest BCUT2D eigenvalue weighted by atomic mass is 19.1. The summed E-state index contributed by atoms with van der Waals surface area (Å²) in [5, 5.41) is 2.61. The predicted octanol–water partition coefficient (Wildman–Crippen LogP) is 3.75. The van der Waals surface area contributed by atoms with Gasteiger partial charge in [-0.3, -0.25) is 4.79 Å². The lowest BCUT2D eigenvalue weighted by molar-refractivity contribution is -0.115. The average molecular weight is 341 g/mol. The van der Waals surface area contributed by atoms with Crippen LogP contribution in [0.2, 0.25) is 0 Å². The number of fused-ring (bicyclic) bond motifs is 3. The number of methoxy groups -OCH3 is 1. The van der Waals surface area contributed by atoms with Gasteiger partial charge >= 0.3 is 0 Å². The van der Waals surface area contributed by atoms with Crippen molar-refractivity contribution in [3.63, 3.8) is 0 Å². The van der Waals surface area contributed by atoms with Crippen LogP contribution in [0, 0.1) is 17.6 Å². The van der Waals surface area contributed by atoms with Crippen molar-refractivity contribution >= 4 is 17.1 Å².